The van der Waals surface area contributed by atoms with Crippen LogP contribution in [-0.2, 0) is 6.54 Å². The summed E-state index contributed by atoms with van der Waals surface area (Å²) in [4.78, 5) is 28.8. The Morgan fingerprint density at radius 3 is 2.38 bits per heavy atom. The number of rotatable bonds is 5. The summed E-state index contributed by atoms with van der Waals surface area (Å²) < 4.78 is 0. The van der Waals surface area contributed by atoms with E-state index in [1.54, 1.807) is 12.1 Å². The van der Waals surface area contributed by atoms with Crippen LogP contribution in [0.2, 0.25) is 0 Å². The third-order valence-corrected chi connectivity index (χ3v) is 4.48. The van der Waals surface area contributed by atoms with Crippen LogP contribution in [0.25, 0.3) is 0 Å². The molecule has 0 aliphatic carbocycles. The van der Waals surface area contributed by atoms with E-state index in [4.69, 9.17) is 0 Å². The smallest absolute Gasteiger partial charge is 0.267 e. The average Bonchev–Trinajstić information content (AvgIpc) is 3.08. The van der Waals surface area contributed by atoms with Gasteiger partial charge in [-0.15, -0.1) is 0 Å². The first kappa shape index (κ1) is 16.5. The number of amides is 1. The van der Waals surface area contributed by atoms with Crippen LogP contribution in [-0.4, -0.2) is 40.7 Å². The summed E-state index contributed by atoms with van der Waals surface area (Å²) in [7, 11) is 0. The number of piperidine rings is 1. The van der Waals surface area contributed by atoms with Crippen molar-refractivity contribution in [1.29, 1.82) is 0 Å². The zero-order valence-electron chi connectivity index (χ0n) is 13.9. The molecule has 0 saturated carbocycles. The molecule has 0 spiro atoms. The quantitative estimate of drug-likeness (QED) is 0.831. The Kier molecular flexibility index (Phi) is 5.11. The second-order valence-corrected chi connectivity index (χ2v) is 6.35. The van der Waals surface area contributed by atoms with E-state index in [0.717, 1.165) is 32.5 Å². The van der Waals surface area contributed by atoms with Crippen LogP contribution >= 0.6 is 0 Å². The largest absolute Gasteiger partial charge is 0.348 e. The normalized spacial score (nSPS) is 16.0. The van der Waals surface area contributed by atoms with E-state index in [2.05, 4.69) is 39.5 Å². The van der Waals surface area contributed by atoms with E-state index in [1.807, 2.05) is 6.07 Å². The van der Waals surface area contributed by atoms with E-state index < -0.39 is 0 Å². The molecule has 1 aromatic heterocycles. The molecule has 1 aliphatic rings. The lowest BCUT2D eigenvalue weighted by atomic mass is 10.0. The standard InChI is InChI=1S/C19H23N3O2/c1-14(23)17-7-8-18(21-17)19(24)20-16-9-11-22(12-10-16)13-15-5-3-2-4-6-15/h2-8,16,21H,9-13H2,1H3,(H,20,24). The van der Waals surface area contributed by atoms with Gasteiger partial charge in [-0.25, -0.2) is 0 Å². The molecule has 0 bridgehead atoms. The highest BCUT2D eigenvalue weighted by molar-refractivity contribution is 5.97. The number of ketones is 1. The first-order chi connectivity index (χ1) is 11.6. The number of H-pyrrole nitrogens is 1. The number of hydrogen-bond acceptors (Lipinski definition) is 3. The highest BCUT2D eigenvalue weighted by atomic mass is 16.2. The van der Waals surface area contributed by atoms with Gasteiger partial charge < -0.3 is 10.3 Å². The molecule has 2 aromatic rings. The summed E-state index contributed by atoms with van der Waals surface area (Å²) in [6.07, 6.45) is 1.89. The summed E-state index contributed by atoms with van der Waals surface area (Å²) in [5.41, 5.74) is 2.24. The molecule has 1 saturated heterocycles. The second kappa shape index (κ2) is 7.45. The van der Waals surface area contributed by atoms with Crippen molar-refractivity contribution in [3.63, 3.8) is 0 Å². The monoisotopic (exact) mass is 325 g/mol. The maximum atomic E-state index is 12.3. The summed E-state index contributed by atoms with van der Waals surface area (Å²) in [6.45, 7) is 4.39. The van der Waals surface area contributed by atoms with Crippen molar-refractivity contribution >= 4 is 11.7 Å². The first-order valence-corrected chi connectivity index (χ1v) is 8.39. The minimum atomic E-state index is -0.135. The number of hydrogen-bond donors (Lipinski definition) is 2. The van der Waals surface area contributed by atoms with Crippen molar-refractivity contribution in [3.05, 3.63) is 59.4 Å². The van der Waals surface area contributed by atoms with Crippen molar-refractivity contribution in [2.24, 2.45) is 0 Å². The van der Waals surface area contributed by atoms with Crippen LogP contribution in [0.4, 0.5) is 0 Å². The number of Topliss-reactive ketones (excluding diaryl/α,β-unsaturated/α-hetero) is 1. The SMILES string of the molecule is CC(=O)c1ccc(C(=O)NC2CCN(Cc3ccccc3)CC2)[nH]1. The van der Waals surface area contributed by atoms with Crippen molar-refractivity contribution < 1.29 is 9.59 Å². The van der Waals surface area contributed by atoms with E-state index in [-0.39, 0.29) is 17.7 Å². The Bertz CT molecular complexity index is 700. The number of nitrogens with one attached hydrogen (secondary N) is 2. The lowest BCUT2D eigenvalue weighted by Gasteiger charge is -2.32. The van der Waals surface area contributed by atoms with Crippen LogP contribution in [0, 0.1) is 0 Å². The molecular weight excluding hydrogens is 302 g/mol. The molecular formula is C19H23N3O2. The third kappa shape index (κ3) is 4.11. The van der Waals surface area contributed by atoms with Crippen molar-refractivity contribution in [1.82, 2.24) is 15.2 Å². The van der Waals surface area contributed by atoms with E-state index in [0.29, 0.717) is 11.4 Å². The summed E-state index contributed by atoms with van der Waals surface area (Å²) >= 11 is 0. The molecule has 2 heterocycles. The fourth-order valence-corrected chi connectivity index (χ4v) is 3.07. The van der Waals surface area contributed by atoms with E-state index in [9.17, 15) is 9.59 Å². The second-order valence-electron chi connectivity index (χ2n) is 6.35. The van der Waals surface area contributed by atoms with Gasteiger partial charge in [0.2, 0.25) is 0 Å². The minimum Gasteiger partial charge on any atom is -0.348 e. The van der Waals surface area contributed by atoms with Gasteiger partial charge in [0.15, 0.2) is 5.78 Å². The highest BCUT2D eigenvalue weighted by Crippen LogP contribution is 2.14. The van der Waals surface area contributed by atoms with Gasteiger partial charge in [-0.2, -0.15) is 0 Å². The van der Waals surface area contributed by atoms with Crippen molar-refractivity contribution in [2.45, 2.75) is 32.4 Å². The lowest BCUT2D eigenvalue weighted by molar-refractivity contribution is 0.0904. The van der Waals surface area contributed by atoms with Crippen LogP contribution < -0.4 is 5.32 Å². The molecule has 1 amide bonds. The molecule has 3 rings (SSSR count). The topological polar surface area (TPSA) is 65.2 Å². The number of nitrogens with zero attached hydrogens (tertiary/aromatic N) is 1. The third-order valence-electron chi connectivity index (χ3n) is 4.48. The van der Waals surface area contributed by atoms with Crippen LogP contribution in [0.15, 0.2) is 42.5 Å². The molecule has 0 radical (unpaired) electrons. The van der Waals surface area contributed by atoms with E-state index in [1.165, 1.54) is 12.5 Å². The number of carbonyl (C=O) groups excluding carboxylic acids is 2. The maximum Gasteiger partial charge on any atom is 0.267 e. The number of likely N-dealkylation sites (tertiary alicyclic amines) is 1. The Labute approximate surface area is 142 Å². The fourth-order valence-electron chi connectivity index (χ4n) is 3.07. The molecule has 126 valence electrons. The molecule has 24 heavy (non-hydrogen) atoms. The Hall–Kier alpha value is -2.40. The maximum absolute atomic E-state index is 12.3. The zero-order valence-corrected chi connectivity index (χ0v) is 13.9. The van der Waals surface area contributed by atoms with Gasteiger partial charge in [-0.1, -0.05) is 30.3 Å². The van der Waals surface area contributed by atoms with Crippen molar-refractivity contribution in [2.75, 3.05) is 13.1 Å². The van der Waals surface area contributed by atoms with Gasteiger partial charge in [0, 0.05) is 32.6 Å². The van der Waals surface area contributed by atoms with Gasteiger partial charge in [0.05, 0.1) is 5.69 Å². The molecule has 1 aliphatic heterocycles. The van der Waals surface area contributed by atoms with E-state index >= 15 is 0 Å². The van der Waals surface area contributed by atoms with Gasteiger partial charge in [0.25, 0.3) is 5.91 Å². The molecule has 0 unspecified atom stereocenters. The summed E-state index contributed by atoms with van der Waals surface area (Å²) in [5.74, 6) is -0.202. The number of aromatic nitrogens is 1. The molecule has 5 heteroatoms. The number of aromatic amines is 1. The predicted octanol–water partition coefficient (Wildman–Crippen LogP) is 2.61. The summed E-state index contributed by atoms with van der Waals surface area (Å²) in [6, 6.07) is 14.0. The zero-order chi connectivity index (χ0) is 16.9. The molecule has 2 N–H and O–H groups in total. The molecule has 5 nitrogen and oxygen atoms in total. The van der Waals surface area contributed by atoms with Crippen LogP contribution in [0.3, 0.4) is 0 Å². The number of carbonyl (C=O) groups is 2. The first-order valence-electron chi connectivity index (χ1n) is 8.39. The average molecular weight is 325 g/mol. The van der Waals surface area contributed by atoms with Crippen molar-refractivity contribution in [3.8, 4) is 0 Å². The highest BCUT2D eigenvalue weighted by Gasteiger charge is 2.21. The van der Waals surface area contributed by atoms with Crippen LogP contribution in [0.5, 0.6) is 0 Å². The Morgan fingerprint density at radius 2 is 1.75 bits per heavy atom. The van der Waals surface area contributed by atoms with Gasteiger partial charge in [-0.3, -0.25) is 14.5 Å². The fraction of sp³-hybridized carbons (Fsp3) is 0.368. The van der Waals surface area contributed by atoms with Crippen LogP contribution in [0.1, 0.15) is 46.3 Å². The van der Waals surface area contributed by atoms with Gasteiger partial charge >= 0.3 is 0 Å². The summed E-state index contributed by atoms with van der Waals surface area (Å²) in [5, 5.41) is 3.06. The Morgan fingerprint density at radius 1 is 1.08 bits per heavy atom. The lowest BCUT2D eigenvalue weighted by Crippen LogP contribution is -2.44. The molecule has 1 aromatic carbocycles. The molecule has 1 fully saturated rings. The minimum absolute atomic E-state index is 0.0664. The number of benzene rings is 1. The van der Waals surface area contributed by atoms with Gasteiger partial charge in [-0.05, 0) is 30.5 Å². The molecule has 0 atom stereocenters. The van der Waals surface area contributed by atoms with Gasteiger partial charge in [0.1, 0.15) is 5.69 Å². The Balaban J connectivity index is 1.48. The predicted molar refractivity (Wildman–Crippen MR) is 93.0 cm³/mol.